The van der Waals surface area contributed by atoms with Gasteiger partial charge in [-0.25, -0.2) is 12.4 Å². The summed E-state index contributed by atoms with van der Waals surface area (Å²) in [6, 6.07) is 23.5. The van der Waals surface area contributed by atoms with Gasteiger partial charge in [0.15, 0.2) is 0 Å². The van der Waals surface area contributed by atoms with Crippen LogP contribution >= 0.6 is 0 Å². The van der Waals surface area contributed by atoms with E-state index in [1.807, 2.05) is 30.3 Å². The zero-order valence-electron chi connectivity index (χ0n) is 17.2. The molecular formula is C24H24N2O4S. The minimum absolute atomic E-state index is 0.251. The molecule has 0 amide bonds. The molecule has 0 unspecified atom stereocenters. The second kappa shape index (κ2) is 9.24. The first-order chi connectivity index (χ1) is 15.1. The van der Waals surface area contributed by atoms with Gasteiger partial charge in [0, 0.05) is 24.7 Å². The summed E-state index contributed by atoms with van der Waals surface area (Å²) in [5.41, 5.74) is 1.72. The SMILES string of the molecule is COc1cccc(CNCCOc2cccc3c2ccn3S(=O)(=O)c2ccccc2)c1. The number of hydrogen-bond donors (Lipinski definition) is 1. The lowest BCUT2D eigenvalue weighted by Gasteiger charge is -2.11. The Kier molecular flexibility index (Phi) is 6.25. The molecule has 0 spiro atoms. The van der Waals surface area contributed by atoms with Crippen LogP contribution in [0.1, 0.15) is 5.56 Å². The molecule has 3 aromatic carbocycles. The van der Waals surface area contributed by atoms with Crippen molar-refractivity contribution in [2.45, 2.75) is 11.4 Å². The van der Waals surface area contributed by atoms with Crippen molar-refractivity contribution in [1.29, 1.82) is 0 Å². The van der Waals surface area contributed by atoms with Crippen molar-refractivity contribution in [3.8, 4) is 11.5 Å². The standard InChI is InChI=1S/C24H24N2O4S/c1-29-20-8-5-7-19(17-20)18-25-14-16-30-24-12-6-11-23-22(24)13-15-26(23)31(27,28)21-9-3-2-4-10-21/h2-13,15,17,25H,14,16,18H2,1H3. The highest BCUT2D eigenvalue weighted by atomic mass is 32.2. The number of fused-ring (bicyclic) bond motifs is 1. The van der Waals surface area contributed by atoms with E-state index in [0.29, 0.717) is 31.0 Å². The van der Waals surface area contributed by atoms with Gasteiger partial charge in [-0.3, -0.25) is 0 Å². The van der Waals surface area contributed by atoms with Crippen LogP contribution in [0.3, 0.4) is 0 Å². The number of rotatable bonds is 9. The smallest absolute Gasteiger partial charge is 0.268 e. The normalized spacial score (nSPS) is 11.5. The average Bonchev–Trinajstić information content (AvgIpc) is 3.25. The summed E-state index contributed by atoms with van der Waals surface area (Å²) in [7, 11) is -2.01. The third kappa shape index (κ3) is 4.57. The van der Waals surface area contributed by atoms with Crippen LogP contribution in [0.2, 0.25) is 0 Å². The summed E-state index contributed by atoms with van der Waals surface area (Å²) < 4.78 is 38.5. The fourth-order valence-electron chi connectivity index (χ4n) is 3.40. The monoisotopic (exact) mass is 436 g/mol. The molecule has 0 saturated carbocycles. The van der Waals surface area contributed by atoms with Crippen LogP contribution in [0.4, 0.5) is 0 Å². The second-order valence-electron chi connectivity index (χ2n) is 7.00. The van der Waals surface area contributed by atoms with Crippen molar-refractivity contribution in [1.82, 2.24) is 9.29 Å². The van der Waals surface area contributed by atoms with Crippen LogP contribution in [-0.2, 0) is 16.6 Å². The summed E-state index contributed by atoms with van der Waals surface area (Å²) in [5, 5.41) is 4.10. The summed E-state index contributed by atoms with van der Waals surface area (Å²) in [6.07, 6.45) is 1.57. The quantitative estimate of drug-likeness (QED) is 0.401. The molecule has 1 heterocycles. The second-order valence-corrected chi connectivity index (χ2v) is 8.81. The van der Waals surface area contributed by atoms with Gasteiger partial charge in [0.25, 0.3) is 10.0 Å². The number of benzene rings is 3. The molecule has 0 atom stereocenters. The van der Waals surface area contributed by atoms with Gasteiger partial charge in [-0.1, -0.05) is 36.4 Å². The van der Waals surface area contributed by atoms with Crippen molar-refractivity contribution in [3.63, 3.8) is 0 Å². The number of ether oxygens (including phenoxy) is 2. The van der Waals surface area contributed by atoms with Crippen LogP contribution in [0.5, 0.6) is 11.5 Å². The minimum atomic E-state index is -3.67. The van der Waals surface area contributed by atoms with E-state index in [1.54, 1.807) is 61.8 Å². The van der Waals surface area contributed by atoms with Gasteiger partial charge < -0.3 is 14.8 Å². The molecule has 0 radical (unpaired) electrons. The largest absolute Gasteiger partial charge is 0.497 e. The molecule has 7 heteroatoms. The number of hydrogen-bond acceptors (Lipinski definition) is 5. The lowest BCUT2D eigenvalue weighted by Crippen LogP contribution is -2.20. The molecule has 160 valence electrons. The van der Waals surface area contributed by atoms with Crippen molar-refractivity contribution >= 4 is 20.9 Å². The topological polar surface area (TPSA) is 69.6 Å². The third-order valence-corrected chi connectivity index (χ3v) is 6.66. The maximum atomic E-state index is 13.0. The predicted molar refractivity (Wildman–Crippen MR) is 121 cm³/mol. The summed E-state index contributed by atoms with van der Waals surface area (Å²) >= 11 is 0. The van der Waals surface area contributed by atoms with E-state index in [4.69, 9.17) is 9.47 Å². The Morgan fingerprint density at radius 1 is 0.935 bits per heavy atom. The Bertz CT molecular complexity index is 1270. The molecule has 4 rings (SSSR count). The van der Waals surface area contributed by atoms with E-state index in [9.17, 15) is 8.42 Å². The zero-order chi connectivity index (χ0) is 21.7. The van der Waals surface area contributed by atoms with Crippen LogP contribution in [-0.4, -0.2) is 32.7 Å². The first-order valence-electron chi connectivity index (χ1n) is 9.97. The highest BCUT2D eigenvalue weighted by molar-refractivity contribution is 7.90. The minimum Gasteiger partial charge on any atom is -0.497 e. The first kappa shape index (κ1) is 21.0. The molecule has 0 fully saturated rings. The number of nitrogens with one attached hydrogen (secondary N) is 1. The summed E-state index contributed by atoms with van der Waals surface area (Å²) in [4.78, 5) is 0.251. The Morgan fingerprint density at radius 3 is 2.55 bits per heavy atom. The molecule has 4 aromatic rings. The summed E-state index contributed by atoms with van der Waals surface area (Å²) in [6.45, 7) is 1.81. The van der Waals surface area contributed by atoms with Crippen LogP contribution in [0, 0.1) is 0 Å². The lowest BCUT2D eigenvalue weighted by atomic mass is 10.2. The van der Waals surface area contributed by atoms with Gasteiger partial charge in [-0.15, -0.1) is 0 Å². The molecular weight excluding hydrogens is 412 g/mol. The Morgan fingerprint density at radius 2 is 1.74 bits per heavy atom. The van der Waals surface area contributed by atoms with Gasteiger partial charge in [0.2, 0.25) is 0 Å². The molecule has 0 aliphatic carbocycles. The third-order valence-electron chi connectivity index (χ3n) is 4.96. The molecule has 1 aromatic heterocycles. The average molecular weight is 437 g/mol. The highest BCUT2D eigenvalue weighted by Gasteiger charge is 2.19. The van der Waals surface area contributed by atoms with Crippen LogP contribution < -0.4 is 14.8 Å². The van der Waals surface area contributed by atoms with E-state index in [-0.39, 0.29) is 4.90 Å². The number of methoxy groups -OCH3 is 1. The van der Waals surface area contributed by atoms with Crippen molar-refractivity contribution in [3.05, 3.63) is 90.6 Å². The fraction of sp³-hybridized carbons (Fsp3) is 0.167. The van der Waals surface area contributed by atoms with E-state index < -0.39 is 10.0 Å². The molecule has 0 bridgehead atoms. The predicted octanol–water partition coefficient (Wildman–Crippen LogP) is 4.06. The van der Waals surface area contributed by atoms with Crippen molar-refractivity contribution < 1.29 is 17.9 Å². The van der Waals surface area contributed by atoms with Gasteiger partial charge >= 0.3 is 0 Å². The van der Waals surface area contributed by atoms with E-state index in [0.717, 1.165) is 16.7 Å². The van der Waals surface area contributed by atoms with E-state index in [2.05, 4.69) is 5.32 Å². The molecule has 0 aliphatic rings. The number of aromatic nitrogens is 1. The molecule has 31 heavy (non-hydrogen) atoms. The van der Waals surface area contributed by atoms with E-state index >= 15 is 0 Å². The van der Waals surface area contributed by atoms with Crippen LogP contribution in [0.15, 0.2) is 90.0 Å². The fourth-order valence-corrected chi connectivity index (χ4v) is 4.77. The molecule has 1 N–H and O–H groups in total. The van der Waals surface area contributed by atoms with Gasteiger partial charge in [-0.2, -0.15) is 0 Å². The molecule has 0 aliphatic heterocycles. The number of nitrogens with zero attached hydrogens (tertiary/aromatic N) is 1. The Labute approximate surface area is 182 Å². The van der Waals surface area contributed by atoms with Gasteiger partial charge in [0.05, 0.1) is 17.5 Å². The maximum absolute atomic E-state index is 13.0. The highest BCUT2D eigenvalue weighted by Crippen LogP contribution is 2.29. The van der Waals surface area contributed by atoms with Gasteiger partial charge in [-0.05, 0) is 48.0 Å². The Hall–Kier alpha value is -3.29. The molecule has 0 saturated heterocycles. The molecule has 6 nitrogen and oxygen atoms in total. The Balaban J connectivity index is 1.42. The maximum Gasteiger partial charge on any atom is 0.268 e. The first-order valence-corrected chi connectivity index (χ1v) is 11.4. The van der Waals surface area contributed by atoms with E-state index in [1.165, 1.54) is 3.97 Å². The van der Waals surface area contributed by atoms with Crippen molar-refractivity contribution in [2.75, 3.05) is 20.3 Å². The van der Waals surface area contributed by atoms with Crippen LogP contribution in [0.25, 0.3) is 10.9 Å². The summed E-state index contributed by atoms with van der Waals surface area (Å²) in [5.74, 6) is 1.49. The van der Waals surface area contributed by atoms with Gasteiger partial charge in [0.1, 0.15) is 18.1 Å². The van der Waals surface area contributed by atoms with Crippen molar-refractivity contribution in [2.24, 2.45) is 0 Å². The zero-order valence-corrected chi connectivity index (χ0v) is 18.0. The lowest BCUT2D eigenvalue weighted by molar-refractivity contribution is 0.317.